The predicted molar refractivity (Wildman–Crippen MR) is 57.7 cm³/mol. The lowest BCUT2D eigenvalue weighted by atomic mass is 10.0. The Bertz CT molecular complexity index is 419. The Morgan fingerprint density at radius 2 is 1.73 bits per heavy atom. The van der Waals surface area contributed by atoms with Gasteiger partial charge in [0.05, 0.1) is 12.7 Å². The molecule has 1 aromatic carbocycles. The van der Waals surface area contributed by atoms with Gasteiger partial charge in [-0.25, -0.2) is 0 Å². The standard InChI is InChI=1S/C12H14O3/c1-7-5-10(8(2)13)6-11(9(3)14)12(7)15-4/h5-6H,1-4H3. The largest absolute Gasteiger partial charge is 0.496 e. The molecule has 0 unspecified atom stereocenters. The second kappa shape index (κ2) is 4.26. The molecule has 0 aliphatic heterocycles. The number of benzene rings is 1. The molecule has 3 nitrogen and oxygen atoms in total. The van der Waals surface area contributed by atoms with Gasteiger partial charge in [-0.3, -0.25) is 9.59 Å². The lowest BCUT2D eigenvalue weighted by molar-refractivity contribution is 0.101. The Kier molecular flexibility index (Phi) is 3.24. The molecule has 0 saturated heterocycles. The fraction of sp³-hybridized carbons (Fsp3) is 0.333. The van der Waals surface area contributed by atoms with Gasteiger partial charge in [-0.15, -0.1) is 0 Å². The fourth-order valence-corrected chi connectivity index (χ4v) is 1.51. The van der Waals surface area contributed by atoms with E-state index in [-0.39, 0.29) is 11.6 Å². The smallest absolute Gasteiger partial charge is 0.163 e. The van der Waals surface area contributed by atoms with Crippen molar-refractivity contribution in [3.05, 3.63) is 28.8 Å². The quantitative estimate of drug-likeness (QED) is 0.713. The Hall–Kier alpha value is -1.64. The van der Waals surface area contributed by atoms with Crippen molar-refractivity contribution >= 4 is 11.6 Å². The molecule has 80 valence electrons. The second-order valence-corrected chi connectivity index (χ2v) is 3.49. The van der Waals surface area contributed by atoms with Crippen LogP contribution >= 0.6 is 0 Å². The number of methoxy groups -OCH3 is 1. The van der Waals surface area contributed by atoms with Crippen LogP contribution < -0.4 is 4.74 Å². The summed E-state index contributed by atoms with van der Waals surface area (Å²) in [6.45, 7) is 4.75. The number of ketones is 2. The highest BCUT2D eigenvalue weighted by atomic mass is 16.5. The number of hydrogen-bond acceptors (Lipinski definition) is 3. The molecule has 0 atom stereocenters. The van der Waals surface area contributed by atoms with E-state index in [1.165, 1.54) is 21.0 Å². The monoisotopic (exact) mass is 206 g/mol. The van der Waals surface area contributed by atoms with Crippen LogP contribution in [0, 0.1) is 6.92 Å². The molecule has 3 heteroatoms. The molecular formula is C12H14O3. The maximum atomic E-state index is 11.4. The second-order valence-electron chi connectivity index (χ2n) is 3.49. The Morgan fingerprint density at radius 1 is 1.13 bits per heavy atom. The van der Waals surface area contributed by atoms with Crippen LogP contribution in [0.5, 0.6) is 5.75 Å². The van der Waals surface area contributed by atoms with Crippen LogP contribution in [0.4, 0.5) is 0 Å². The third kappa shape index (κ3) is 2.24. The molecule has 0 N–H and O–H groups in total. The topological polar surface area (TPSA) is 43.4 Å². The summed E-state index contributed by atoms with van der Waals surface area (Å²) in [5.74, 6) is 0.397. The molecule has 1 rings (SSSR count). The average molecular weight is 206 g/mol. The molecular weight excluding hydrogens is 192 g/mol. The number of carbonyl (C=O) groups excluding carboxylic acids is 2. The van der Waals surface area contributed by atoms with Crippen molar-refractivity contribution in [2.75, 3.05) is 7.11 Å². The van der Waals surface area contributed by atoms with Crippen LogP contribution in [0.2, 0.25) is 0 Å². The van der Waals surface area contributed by atoms with Crippen LogP contribution in [0.1, 0.15) is 40.1 Å². The van der Waals surface area contributed by atoms with Crippen LogP contribution in [0.15, 0.2) is 12.1 Å². The summed E-state index contributed by atoms with van der Waals surface area (Å²) in [4.78, 5) is 22.6. The highest BCUT2D eigenvalue weighted by Crippen LogP contribution is 2.25. The van der Waals surface area contributed by atoms with E-state index in [1.807, 2.05) is 6.92 Å². The summed E-state index contributed by atoms with van der Waals surface area (Å²) in [7, 11) is 1.52. The first-order valence-corrected chi connectivity index (χ1v) is 4.68. The highest BCUT2D eigenvalue weighted by molar-refractivity contribution is 6.02. The zero-order valence-corrected chi connectivity index (χ0v) is 9.38. The third-order valence-electron chi connectivity index (χ3n) is 2.26. The lowest BCUT2D eigenvalue weighted by Gasteiger charge is -2.10. The molecule has 0 aliphatic rings. The molecule has 0 heterocycles. The zero-order valence-electron chi connectivity index (χ0n) is 9.38. The molecule has 15 heavy (non-hydrogen) atoms. The minimum absolute atomic E-state index is 0.0525. The van der Waals surface area contributed by atoms with Gasteiger partial charge < -0.3 is 4.74 Å². The summed E-state index contributed by atoms with van der Waals surface area (Å²) in [6, 6.07) is 3.31. The molecule has 1 aromatic rings. The molecule has 0 bridgehead atoms. The predicted octanol–water partition coefficient (Wildman–Crippen LogP) is 2.41. The SMILES string of the molecule is COc1c(C)cc(C(C)=O)cc1C(C)=O. The van der Waals surface area contributed by atoms with Crippen molar-refractivity contribution in [2.45, 2.75) is 20.8 Å². The van der Waals surface area contributed by atoms with Gasteiger partial charge in [0, 0.05) is 5.56 Å². The van der Waals surface area contributed by atoms with Crippen LogP contribution in [0.25, 0.3) is 0 Å². The molecule has 0 spiro atoms. The summed E-state index contributed by atoms with van der Waals surface area (Å²) < 4.78 is 5.14. The third-order valence-corrected chi connectivity index (χ3v) is 2.26. The maximum Gasteiger partial charge on any atom is 0.163 e. The number of carbonyl (C=O) groups is 2. The van der Waals surface area contributed by atoms with Crippen LogP contribution in [-0.4, -0.2) is 18.7 Å². The molecule has 0 aromatic heterocycles. The van der Waals surface area contributed by atoms with Crippen molar-refractivity contribution in [1.82, 2.24) is 0 Å². The normalized spacial score (nSPS) is 9.87. The molecule has 0 saturated carbocycles. The van der Waals surface area contributed by atoms with Crippen LogP contribution in [-0.2, 0) is 0 Å². The van der Waals surface area contributed by atoms with Gasteiger partial charge in [-0.2, -0.15) is 0 Å². The van der Waals surface area contributed by atoms with Crippen molar-refractivity contribution in [2.24, 2.45) is 0 Å². The molecule has 0 amide bonds. The fourth-order valence-electron chi connectivity index (χ4n) is 1.51. The van der Waals surface area contributed by atoms with Crippen molar-refractivity contribution in [1.29, 1.82) is 0 Å². The van der Waals surface area contributed by atoms with Crippen molar-refractivity contribution in [3.63, 3.8) is 0 Å². The van der Waals surface area contributed by atoms with E-state index < -0.39 is 0 Å². The number of Topliss-reactive ketones (excluding diaryl/α,β-unsaturated/α-hetero) is 2. The van der Waals surface area contributed by atoms with Gasteiger partial charge in [0.1, 0.15) is 5.75 Å². The summed E-state index contributed by atoms with van der Waals surface area (Å²) in [5.41, 5.74) is 1.80. The van der Waals surface area contributed by atoms with Gasteiger partial charge in [-0.1, -0.05) is 0 Å². The summed E-state index contributed by atoms with van der Waals surface area (Å²) in [6.07, 6.45) is 0. The van der Waals surface area contributed by atoms with Crippen molar-refractivity contribution < 1.29 is 14.3 Å². The van der Waals surface area contributed by atoms with Crippen LogP contribution in [0.3, 0.4) is 0 Å². The van der Waals surface area contributed by atoms with Gasteiger partial charge in [0.15, 0.2) is 11.6 Å². The van der Waals surface area contributed by atoms with E-state index in [9.17, 15) is 9.59 Å². The number of hydrogen-bond donors (Lipinski definition) is 0. The Morgan fingerprint density at radius 3 is 2.13 bits per heavy atom. The first-order chi connectivity index (χ1) is 6.97. The Labute approximate surface area is 89.1 Å². The number of ether oxygens (including phenoxy) is 1. The van der Waals surface area contributed by atoms with E-state index >= 15 is 0 Å². The van der Waals surface area contributed by atoms with E-state index in [1.54, 1.807) is 12.1 Å². The molecule has 0 aliphatic carbocycles. The first kappa shape index (κ1) is 11.4. The van der Waals surface area contributed by atoms with E-state index in [4.69, 9.17) is 4.74 Å². The van der Waals surface area contributed by atoms with E-state index in [2.05, 4.69) is 0 Å². The summed E-state index contributed by atoms with van der Waals surface area (Å²) in [5, 5.41) is 0. The maximum absolute atomic E-state index is 11.4. The molecule has 0 radical (unpaired) electrons. The van der Waals surface area contributed by atoms with Crippen molar-refractivity contribution in [3.8, 4) is 5.75 Å². The average Bonchev–Trinajstić information content (AvgIpc) is 2.16. The number of aryl methyl sites for hydroxylation is 1. The summed E-state index contributed by atoms with van der Waals surface area (Å²) >= 11 is 0. The highest BCUT2D eigenvalue weighted by Gasteiger charge is 2.13. The minimum Gasteiger partial charge on any atom is -0.496 e. The van der Waals surface area contributed by atoms with Gasteiger partial charge in [0.2, 0.25) is 0 Å². The molecule has 0 fully saturated rings. The number of rotatable bonds is 3. The zero-order chi connectivity index (χ0) is 11.6. The van der Waals surface area contributed by atoms with E-state index in [0.717, 1.165) is 5.56 Å². The Balaban J connectivity index is 3.45. The first-order valence-electron chi connectivity index (χ1n) is 4.68. The lowest BCUT2D eigenvalue weighted by Crippen LogP contribution is -2.03. The van der Waals surface area contributed by atoms with E-state index in [0.29, 0.717) is 16.9 Å². The van der Waals surface area contributed by atoms with Gasteiger partial charge in [-0.05, 0) is 38.5 Å². The minimum atomic E-state index is -0.0990. The van der Waals surface area contributed by atoms with Gasteiger partial charge >= 0.3 is 0 Å². The van der Waals surface area contributed by atoms with Gasteiger partial charge in [0.25, 0.3) is 0 Å².